The Balaban J connectivity index is 2.05. The molecule has 0 radical (unpaired) electrons. The zero-order valence-electron chi connectivity index (χ0n) is 21.0. The van der Waals surface area contributed by atoms with Crippen LogP contribution in [0.25, 0.3) is 0 Å². The molecule has 0 N–H and O–H groups in total. The van der Waals surface area contributed by atoms with Crippen molar-refractivity contribution in [2.75, 3.05) is 30.5 Å². The Bertz CT molecular complexity index is 1380. The van der Waals surface area contributed by atoms with Crippen molar-refractivity contribution in [3.8, 4) is 11.5 Å². The summed E-state index contributed by atoms with van der Waals surface area (Å²) in [6, 6.07) is 6.68. The van der Waals surface area contributed by atoms with E-state index in [1.807, 2.05) is 0 Å². The number of aromatic nitrogens is 2. The molecular weight excluding hydrogens is 547 g/mol. The molecule has 0 aliphatic carbocycles. The molecule has 200 valence electrons. The average molecular weight is 573 g/mol. The first kappa shape index (κ1) is 28.4. The molecule has 2 aromatic carbocycles. The lowest BCUT2D eigenvalue weighted by molar-refractivity contribution is 0.0589. The molecular formula is C23H26ClFN4O6S2. The third kappa shape index (κ3) is 6.40. The van der Waals surface area contributed by atoms with Gasteiger partial charge < -0.3 is 14.2 Å². The lowest BCUT2D eigenvalue weighted by Gasteiger charge is -2.26. The summed E-state index contributed by atoms with van der Waals surface area (Å²) in [7, 11) is -0.287. The number of carbonyl (C=O) groups is 1. The molecule has 0 spiro atoms. The summed E-state index contributed by atoms with van der Waals surface area (Å²) in [6.45, 7) is 4.78. The molecule has 1 amide bonds. The SMILES string of the molecule is COc1ccc(CN(c2ncns2)S(=O)(=O)c2cc(Cl)c(N(C)C(=O)OC(C)(C)C)cc2F)c(OC)c1. The van der Waals surface area contributed by atoms with Crippen LogP contribution in [-0.2, 0) is 21.3 Å². The van der Waals surface area contributed by atoms with Crippen molar-refractivity contribution in [1.82, 2.24) is 9.36 Å². The molecule has 0 saturated carbocycles. The zero-order chi connectivity index (χ0) is 27.5. The van der Waals surface area contributed by atoms with E-state index in [1.165, 1.54) is 27.6 Å². The van der Waals surface area contributed by atoms with Gasteiger partial charge in [0.05, 0.1) is 31.5 Å². The Kier molecular flexibility index (Phi) is 8.50. The molecule has 0 unspecified atom stereocenters. The molecule has 10 nitrogen and oxygen atoms in total. The maximum Gasteiger partial charge on any atom is 0.414 e. The number of halogens is 2. The second-order valence-corrected chi connectivity index (χ2v) is 11.7. The van der Waals surface area contributed by atoms with Crippen molar-refractivity contribution in [2.45, 2.75) is 37.8 Å². The van der Waals surface area contributed by atoms with Crippen molar-refractivity contribution in [2.24, 2.45) is 0 Å². The van der Waals surface area contributed by atoms with E-state index in [0.717, 1.165) is 32.9 Å². The summed E-state index contributed by atoms with van der Waals surface area (Å²) in [5.41, 5.74) is -0.397. The van der Waals surface area contributed by atoms with Crippen LogP contribution in [0.15, 0.2) is 41.6 Å². The maximum absolute atomic E-state index is 15.4. The topological polar surface area (TPSA) is 111 Å². The number of benzene rings is 2. The van der Waals surface area contributed by atoms with E-state index in [1.54, 1.807) is 39.0 Å². The predicted octanol–water partition coefficient (Wildman–Crippen LogP) is 5.11. The highest BCUT2D eigenvalue weighted by atomic mass is 35.5. The van der Waals surface area contributed by atoms with Crippen LogP contribution >= 0.6 is 23.1 Å². The Hall–Kier alpha value is -3.16. The number of hydrogen-bond donors (Lipinski definition) is 0. The molecule has 1 heterocycles. The minimum Gasteiger partial charge on any atom is -0.497 e. The third-order valence-electron chi connectivity index (χ3n) is 4.97. The van der Waals surface area contributed by atoms with Crippen LogP contribution < -0.4 is 18.7 Å². The van der Waals surface area contributed by atoms with Crippen LogP contribution in [0, 0.1) is 5.82 Å². The maximum atomic E-state index is 15.4. The number of nitrogens with zero attached hydrogens (tertiary/aromatic N) is 4. The number of hydrogen-bond acceptors (Lipinski definition) is 9. The summed E-state index contributed by atoms with van der Waals surface area (Å²) in [5, 5.41) is -0.170. The van der Waals surface area contributed by atoms with Gasteiger partial charge in [-0.3, -0.25) is 4.90 Å². The van der Waals surface area contributed by atoms with E-state index >= 15 is 4.39 Å². The standard InChI is InChI=1S/C23H26ClFN4O6S2/c1-23(2,3)35-22(30)28(4)18-11-17(25)20(10-16(18)24)37(31,32)29(21-26-13-27-36-21)12-14-7-8-15(33-5)9-19(14)34-6/h7-11,13H,12H2,1-6H3. The summed E-state index contributed by atoms with van der Waals surface area (Å²) in [5.74, 6) is -0.253. The average Bonchev–Trinajstić information content (AvgIpc) is 3.36. The summed E-state index contributed by atoms with van der Waals surface area (Å²) >= 11 is 7.15. The number of rotatable bonds is 8. The molecule has 14 heteroatoms. The number of carbonyl (C=O) groups excluding carboxylic acids is 1. The molecule has 0 aliphatic rings. The van der Waals surface area contributed by atoms with Crippen LogP contribution in [0.2, 0.25) is 5.02 Å². The first-order valence-electron chi connectivity index (χ1n) is 10.7. The molecule has 37 heavy (non-hydrogen) atoms. The molecule has 3 aromatic rings. The largest absolute Gasteiger partial charge is 0.497 e. The number of anilines is 2. The number of amides is 1. The minimum absolute atomic E-state index is 0.00310. The van der Waals surface area contributed by atoms with Crippen LogP contribution in [0.4, 0.5) is 20.0 Å². The third-order valence-corrected chi connectivity index (χ3v) is 7.83. The summed E-state index contributed by atoms with van der Waals surface area (Å²) < 4.78 is 63.5. The fourth-order valence-corrected chi connectivity index (χ4v) is 5.75. The zero-order valence-corrected chi connectivity index (χ0v) is 23.4. The van der Waals surface area contributed by atoms with Gasteiger partial charge in [0.1, 0.15) is 34.1 Å². The highest BCUT2D eigenvalue weighted by Gasteiger charge is 2.33. The Morgan fingerprint density at radius 3 is 2.43 bits per heavy atom. The van der Waals surface area contributed by atoms with Gasteiger partial charge in [0, 0.05) is 36.3 Å². The highest BCUT2D eigenvalue weighted by Crippen LogP contribution is 2.36. The second-order valence-electron chi connectivity index (χ2n) is 8.69. The Morgan fingerprint density at radius 2 is 1.86 bits per heavy atom. The fraction of sp³-hybridized carbons (Fsp3) is 0.348. The molecule has 0 atom stereocenters. The van der Waals surface area contributed by atoms with Crippen molar-refractivity contribution >= 4 is 50.1 Å². The first-order valence-corrected chi connectivity index (χ1v) is 13.3. The molecule has 0 bridgehead atoms. The van der Waals surface area contributed by atoms with Crippen LogP contribution in [0.5, 0.6) is 11.5 Å². The van der Waals surface area contributed by atoms with Gasteiger partial charge in [-0.15, -0.1) is 0 Å². The predicted molar refractivity (Wildman–Crippen MR) is 139 cm³/mol. The first-order chi connectivity index (χ1) is 17.3. The quantitative estimate of drug-likeness (QED) is 0.366. The van der Waals surface area contributed by atoms with E-state index in [9.17, 15) is 13.2 Å². The monoisotopic (exact) mass is 572 g/mol. The van der Waals surface area contributed by atoms with Gasteiger partial charge in [-0.2, -0.15) is 4.37 Å². The van der Waals surface area contributed by atoms with Crippen molar-refractivity contribution in [3.05, 3.63) is 53.1 Å². The van der Waals surface area contributed by atoms with E-state index < -0.39 is 32.4 Å². The Labute approximate surface area is 223 Å². The second kappa shape index (κ2) is 11.1. The van der Waals surface area contributed by atoms with Gasteiger partial charge in [0.2, 0.25) is 5.13 Å². The van der Waals surface area contributed by atoms with Crippen molar-refractivity contribution in [3.63, 3.8) is 0 Å². The van der Waals surface area contributed by atoms with Gasteiger partial charge in [0.15, 0.2) is 0 Å². The molecule has 1 aromatic heterocycles. The normalized spacial score (nSPS) is 11.7. The number of ether oxygens (including phenoxy) is 3. The van der Waals surface area contributed by atoms with Crippen molar-refractivity contribution in [1.29, 1.82) is 0 Å². The highest BCUT2D eigenvalue weighted by molar-refractivity contribution is 7.93. The number of sulfonamides is 1. The summed E-state index contributed by atoms with van der Waals surface area (Å²) in [6.07, 6.45) is 0.405. The molecule has 0 saturated heterocycles. The fourth-order valence-electron chi connectivity index (χ4n) is 3.19. The van der Waals surface area contributed by atoms with Gasteiger partial charge in [-0.25, -0.2) is 26.9 Å². The van der Waals surface area contributed by atoms with E-state index in [2.05, 4.69) is 9.36 Å². The Morgan fingerprint density at radius 1 is 1.16 bits per heavy atom. The van der Waals surface area contributed by atoms with Crippen LogP contribution in [0.3, 0.4) is 0 Å². The lowest BCUT2D eigenvalue weighted by atomic mass is 10.2. The van der Waals surface area contributed by atoms with Gasteiger partial charge in [0.25, 0.3) is 10.0 Å². The van der Waals surface area contributed by atoms with E-state index in [4.69, 9.17) is 25.8 Å². The van der Waals surface area contributed by atoms with Crippen molar-refractivity contribution < 1.29 is 31.8 Å². The molecule has 0 aliphatic heterocycles. The van der Waals surface area contributed by atoms with E-state index in [0.29, 0.717) is 17.1 Å². The summed E-state index contributed by atoms with van der Waals surface area (Å²) in [4.78, 5) is 16.7. The lowest BCUT2D eigenvalue weighted by Crippen LogP contribution is -2.34. The van der Waals surface area contributed by atoms with E-state index in [-0.39, 0.29) is 22.4 Å². The van der Waals surface area contributed by atoms with Gasteiger partial charge in [-0.1, -0.05) is 11.6 Å². The van der Waals surface area contributed by atoms with Crippen LogP contribution in [0.1, 0.15) is 26.3 Å². The van der Waals surface area contributed by atoms with Gasteiger partial charge in [-0.05, 0) is 39.0 Å². The molecule has 0 fully saturated rings. The molecule has 3 rings (SSSR count). The van der Waals surface area contributed by atoms with Gasteiger partial charge >= 0.3 is 6.09 Å². The van der Waals surface area contributed by atoms with Crippen LogP contribution in [-0.4, -0.2) is 50.7 Å². The minimum atomic E-state index is -4.55. The number of methoxy groups -OCH3 is 2. The smallest absolute Gasteiger partial charge is 0.414 e.